The molecule has 0 aliphatic heterocycles. The molecule has 1 amide bonds. The highest BCUT2D eigenvalue weighted by atomic mass is 19.4. The Labute approximate surface area is 139 Å². The zero-order chi connectivity index (χ0) is 18.2. The second-order valence-corrected chi connectivity index (χ2v) is 5.52. The Kier molecular flexibility index (Phi) is 4.08. The molecule has 1 N–H and O–H groups in total. The van der Waals surface area contributed by atoms with E-state index in [9.17, 15) is 22.8 Å². The maximum atomic E-state index is 12.7. The molecule has 0 unspecified atom stereocenters. The number of benzene rings is 2. The van der Waals surface area contributed by atoms with Crippen LogP contribution in [0, 0.1) is 6.92 Å². The second kappa shape index (κ2) is 6.08. The molecule has 0 bridgehead atoms. The van der Waals surface area contributed by atoms with Gasteiger partial charge in [0.15, 0.2) is 0 Å². The molecule has 2 aromatic carbocycles. The summed E-state index contributed by atoms with van der Waals surface area (Å²) < 4.78 is 43.3. The van der Waals surface area contributed by atoms with E-state index in [1.165, 1.54) is 18.2 Å². The van der Waals surface area contributed by atoms with Crippen molar-refractivity contribution >= 4 is 22.6 Å². The average Bonchev–Trinajstić information content (AvgIpc) is 2.54. The molecule has 0 saturated heterocycles. The van der Waals surface area contributed by atoms with Crippen LogP contribution in [0.2, 0.25) is 0 Å². The smallest absolute Gasteiger partial charge is 0.416 e. The number of hydrogen-bond acceptors (Lipinski definition) is 3. The SMILES string of the molecule is Cc1ccc2oc(=O)c(C(=O)Nc3cccc(C(F)(F)F)c3)cc2c1. The highest BCUT2D eigenvalue weighted by molar-refractivity contribution is 6.05. The molecule has 0 fully saturated rings. The molecule has 0 aliphatic carbocycles. The van der Waals surface area contributed by atoms with Crippen LogP contribution in [-0.4, -0.2) is 5.91 Å². The van der Waals surface area contributed by atoms with Gasteiger partial charge in [0.05, 0.1) is 5.56 Å². The van der Waals surface area contributed by atoms with Gasteiger partial charge in [0, 0.05) is 11.1 Å². The molecule has 0 spiro atoms. The summed E-state index contributed by atoms with van der Waals surface area (Å²) in [4.78, 5) is 24.2. The van der Waals surface area contributed by atoms with Gasteiger partial charge in [-0.1, -0.05) is 17.7 Å². The van der Waals surface area contributed by atoms with Crippen molar-refractivity contribution in [3.05, 3.63) is 75.6 Å². The number of rotatable bonds is 2. The zero-order valence-electron chi connectivity index (χ0n) is 13.0. The van der Waals surface area contributed by atoms with E-state index < -0.39 is 23.3 Å². The first-order valence-electron chi connectivity index (χ1n) is 7.27. The largest absolute Gasteiger partial charge is 0.422 e. The summed E-state index contributed by atoms with van der Waals surface area (Å²) in [5.74, 6) is -0.837. The van der Waals surface area contributed by atoms with Crippen molar-refractivity contribution in [3.63, 3.8) is 0 Å². The molecule has 0 saturated carbocycles. The number of alkyl halides is 3. The lowest BCUT2D eigenvalue weighted by Crippen LogP contribution is -2.21. The van der Waals surface area contributed by atoms with Crippen molar-refractivity contribution in [2.45, 2.75) is 13.1 Å². The number of nitrogens with one attached hydrogen (secondary N) is 1. The monoisotopic (exact) mass is 347 g/mol. The number of carbonyl (C=O) groups is 1. The molecule has 0 atom stereocenters. The highest BCUT2D eigenvalue weighted by Crippen LogP contribution is 2.30. The van der Waals surface area contributed by atoms with Gasteiger partial charge in [0.2, 0.25) is 0 Å². The lowest BCUT2D eigenvalue weighted by Gasteiger charge is -2.09. The van der Waals surface area contributed by atoms with Gasteiger partial charge in [-0.15, -0.1) is 0 Å². The summed E-state index contributed by atoms with van der Waals surface area (Å²) in [6, 6.07) is 10.6. The summed E-state index contributed by atoms with van der Waals surface area (Å²) in [6.45, 7) is 1.84. The standard InChI is InChI=1S/C18H12F3NO3/c1-10-5-6-15-11(7-10)8-14(17(24)25-15)16(23)22-13-4-2-3-12(9-13)18(19,20)21/h2-9H,1H3,(H,22,23). The minimum Gasteiger partial charge on any atom is -0.422 e. The van der Waals surface area contributed by atoms with Crippen LogP contribution in [0.3, 0.4) is 0 Å². The van der Waals surface area contributed by atoms with Crippen molar-refractivity contribution in [1.82, 2.24) is 0 Å². The Hall–Kier alpha value is -3.09. The van der Waals surface area contributed by atoms with Gasteiger partial charge in [0.1, 0.15) is 11.1 Å². The Morgan fingerprint density at radius 3 is 2.56 bits per heavy atom. The third kappa shape index (κ3) is 3.55. The van der Waals surface area contributed by atoms with E-state index in [1.807, 2.05) is 6.92 Å². The minimum atomic E-state index is -4.53. The highest BCUT2D eigenvalue weighted by Gasteiger charge is 2.30. The van der Waals surface area contributed by atoms with E-state index >= 15 is 0 Å². The van der Waals surface area contributed by atoms with E-state index in [4.69, 9.17) is 4.42 Å². The predicted molar refractivity (Wildman–Crippen MR) is 86.6 cm³/mol. The number of carbonyl (C=O) groups excluding carboxylic acids is 1. The molecule has 25 heavy (non-hydrogen) atoms. The first-order valence-corrected chi connectivity index (χ1v) is 7.27. The predicted octanol–water partition coefficient (Wildman–Crippen LogP) is 4.37. The Balaban J connectivity index is 1.95. The Morgan fingerprint density at radius 2 is 1.84 bits per heavy atom. The van der Waals surface area contributed by atoms with E-state index in [0.29, 0.717) is 11.0 Å². The number of halogens is 3. The van der Waals surface area contributed by atoms with E-state index in [1.54, 1.807) is 18.2 Å². The van der Waals surface area contributed by atoms with Crippen LogP contribution < -0.4 is 10.9 Å². The molecular formula is C18H12F3NO3. The number of fused-ring (bicyclic) bond motifs is 1. The van der Waals surface area contributed by atoms with Crippen LogP contribution in [0.1, 0.15) is 21.5 Å². The summed E-state index contributed by atoms with van der Waals surface area (Å²) in [5, 5.41) is 2.84. The first kappa shape index (κ1) is 16.8. The topological polar surface area (TPSA) is 59.3 Å². The van der Waals surface area contributed by atoms with Gasteiger partial charge in [-0.3, -0.25) is 4.79 Å². The number of anilines is 1. The molecule has 0 aliphatic rings. The molecule has 128 valence electrons. The van der Waals surface area contributed by atoms with Gasteiger partial charge in [-0.05, 0) is 43.3 Å². The summed E-state index contributed by atoms with van der Waals surface area (Å²) >= 11 is 0. The van der Waals surface area contributed by atoms with Crippen molar-refractivity contribution in [2.24, 2.45) is 0 Å². The Bertz CT molecular complexity index is 1020. The van der Waals surface area contributed by atoms with Gasteiger partial charge in [-0.2, -0.15) is 13.2 Å². The molecule has 3 aromatic rings. The molecular weight excluding hydrogens is 335 g/mol. The molecule has 4 nitrogen and oxygen atoms in total. The number of hydrogen-bond donors (Lipinski definition) is 1. The number of aryl methyl sites for hydroxylation is 1. The van der Waals surface area contributed by atoms with E-state index in [-0.39, 0.29) is 11.3 Å². The fraction of sp³-hybridized carbons (Fsp3) is 0.111. The van der Waals surface area contributed by atoms with E-state index in [2.05, 4.69) is 5.32 Å². The maximum absolute atomic E-state index is 12.7. The summed E-state index contributed by atoms with van der Waals surface area (Å²) in [7, 11) is 0. The van der Waals surface area contributed by atoms with Gasteiger partial charge in [-0.25, -0.2) is 4.79 Å². The second-order valence-electron chi connectivity index (χ2n) is 5.52. The lowest BCUT2D eigenvalue weighted by molar-refractivity contribution is -0.137. The number of amides is 1. The van der Waals surface area contributed by atoms with Crippen molar-refractivity contribution < 1.29 is 22.4 Å². The quantitative estimate of drug-likeness (QED) is 0.700. The summed E-state index contributed by atoms with van der Waals surface area (Å²) in [5.41, 5.74) is -0.872. The summed E-state index contributed by atoms with van der Waals surface area (Å²) in [6.07, 6.45) is -4.53. The van der Waals surface area contributed by atoms with E-state index in [0.717, 1.165) is 17.7 Å². The van der Waals surface area contributed by atoms with Crippen LogP contribution in [0.25, 0.3) is 11.0 Å². The van der Waals surface area contributed by atoms with Gasteiger partial charge >= 0.3 is 11.8 Å². The molecule has 1 heterocycles. The third-order valence-electron chi connectivity index (χ3n) is 3.58. The molecule has 7 heteroatoms. The Morgan fingerprint density at radius 1 is 1.08 bits per heavy atom. The van der Waals surface area contributed by atoms with Crippen LogP contribution in [0.4, 0.5) is 18.9 Å². The first-order chi connectivity index (χ1) is 11.7. The average molecular weight is 347 g/mol. The minimum absolute atomic E-state index is 0.0661. The fourth-order valence-corrected chi connectivity index (χ4v) is 2.37. The van der Waals surface area contributed by atoms with Crippen LogP contribution >= 0.6 is 0 Å². The lowest BCUT2D eigenvalue weighted by atomic mass is 10.1. The van der Waals surface area contributed by atoms with Crippen molar-refractivity contribution in [3.8, 4) is 0 Å². The fourth-order valence-electron chi connectivity index (χ4n) is 2.37. The van der Waals surface area contributed by atoms with Crippen molar-refractivity contribution in [1.29, 1.82) is 0 Å². The van der Waals surface area contributed by atoms with Gasteiger partial charge in [0.25, 0.3) is 5.91 Å². The van der Waals surface area contributed by atoms with Crippen LogP contribution in [-0.2, 0) is 6.18 Å². The molecule has 0 radical (unpaired) electrons. The molecule has 1 aromatic heterocycles. The molecule has 3 rings (SSSR count). The van der Waals surface area contributed by atoms with Crippen LogP contribution in [0.15, 0.2) is 57.7 Å². The normalized spacial score (nSPS) is 11.5. The van der Waals surface area contributed by atoms with Crippen molar-refractivity contribution in [2.75, 3.05) is 5.32 Å². The zero-order valence-corrected chi connectivity index (χ0v) is 13.0. The maximum Gasteiger partial charge on any atom is 0.416 e. The van der Waals surface area contributed by atoms with Gasteiger partial charge < -0.3 is 9.73 Å². The van der Waals surface area contributed by atoms with Crippen LogP contribution in [0.5, 0.6) is 0 Å². The third-order valence-corrected chi connectivity index (χ3v) is 3.58.